The van der Waals surface area contributed by atoms with Crippen molar-refractivity contribution >= 4 is 5.69 Å². The molecule has 1 rings (SSSR count). The minimum atomic E-state index is -0.164. The summed E-state index contributed by atoms with van der Waals surface area (Å²) in [5.74, 6) is -0.164. The number of hydrogen-bond acceptors (Lipinski definition) is 3. The zero-order valence-corrected chi connectivity index (χ0v) is 12.4. The summed E-state index contributed by atoms with van der Waals surface area (Å²) in [4.78, 5) is 1.92. The molecule has 0 atom stereocenters. The summed E-state index contributed by atoms with van der Waals surface area (Å²) < 4.78 is 19.0. The molecule has 108 valence electrons. The van der Waals surface area contributed by atoms with Crippen molar-refractivity contribution < 1.29 is 9.13 Å². The molecule has 0 unspecified atom stereocenters. The van der Waals surface area contributed by atoms with E-state index in [4.69, 9.17) is 4.74 Å². The summed E-state index contributed by atoms with van der Waals surface area (Å²) in [6, 6.07) is 5.83. The fourth-order valence-electron chi connectivity index (χ4n) is 1.86. The first-order chi connectivity index (χ1) is 9.04. The van der Waals surface area contributed by atoms with E-state index in [1.54, 1.807) is 13.2 Å². The van der Waals surface area contributed by atoms with Gasteiger partial charge in [-0.05, 0) is 24.1 Å². The third-order valence-electron chi connectivity index (χ3n) is 2.98. The first-order valence-electron chi connectivity index (χ1n) is 6.76. The summed E-state index contributed by atoms with van der Waals surface area (Å²) in [6.45, 7) is 6.33. The van der Waals surface area contributed by atoms with Gasteiger partial charge in [0.2, 0.25) is 0 Å². The molecule has 0 aliphatic carbocycles. The third-order valence-corrected chi connectivity index (χ3v) is 2.98. The Hall–Kier alpha value is -1.13. The second-order valence-electron chi connectivity index (χ2n) is 5.09. The van der Waals surface area contributed by atoms with Gasteiger partial charge < -0.3 is 15.0 Å². The van der Waals surface area contributed by atoms with Crippen molar-refractivity contribution in [2.24, 2.45) is 0 Å². The maximum Gasteiger partial charge on any atom is 0.146 e. The highest BCUT2D eigenvalue weighted by molar-refractivity contribution is 5.48. The average Bonchev–Trinajstić information content (AvgIpc) is 2.36. The number of hydrogen-bond donors (Lipinski definition) is 1. The lowest BCUT2D eigenvalue weighted by molar-refractivity contribution is 0.196. The van der Waals surface area contributed by atoms with Gasteiger partial charge in [-0.1, -0.05) is 19.9 Å². The summed E-state index contributed by atoms with van der Waals surface area (Å²) in [6.07, 6.45) is 0.892. The summed E-state index contributed by atoms with van der Waals surface area (Å²) >= 11 is 0. The molecule has 1 aromatic rings. The van der Waals surface area contributed by atoms with Crippen LogP contribution >= 0.6 is 0 Å². The van der Waals surface area contributed by atoms with Crippen LogP contribution in [0.3, 0.4) is 0 Å². The lowest BCUT2D eigenvalue weighted by Crippen LogP contribution is -2.23. The maximum absolute atomic E-state index is 14.0. The van der Waals surface area contributed by atoms with E-state index in [9.17, 15) is 4.39 Å². The zero-order valence-electron chi connectivity index (χ0n) is 12.4. The average molecular weight is 268 g/mol. The van der Waals surface area contributed by atoms with Gasteiger partial charge >= 0.3 is 0 Å². The number of ether oxygens (including phenoxy) is 1. The Kier molecular flexibility index (Phi) is 6.81. The van der Waals surface area contributed by atoms with Crippen LogP contribution < -0.4 is 10.2 Å². The minimum Gasteiger partial charge on any atom is -0.385 e. The molecular formula is C15H25FN2O. The van der Waals surface area contributed by atoms with Crippen LogP contribution in [-0.4, -0.2) is 33.4 Å². The summed E-state index contributed by atoms with van der Waals surface area (Å²) in [7, 11) is 3.58. The van der Waals surface area contributed by atoms with Gasteiger partial charge in [0, 0.05) is 39.9 Å². The van der Waals surface area contributed by atoms with Gasteiger partial charge in [0.05, 0.1) is 5.69 Å². The van der Waals surface area contributed by atoms with E-state index in [0.717, 1.165) is 18.5 Å². The van der Waals surface area contributed by atoms with Crippen LogP contribution in [0, 0.1) is 5.82 Å². The summed E-state index contributed by atoms with van der Waals surface area (Å²) in [5.41, 5.74) is 1.62. The SMILES string of the molecule is COCCCN(C)c1ccc(CNC(C)C)cc1F. The number of halogens is 1. The normalized spacial score (nSPS) is 11.1. The minimum absolute atomic E-state index is 0.164. The van der Waals surface area contributed by atoms with Crippen LogP contribution in [0.25, 0.3) is 0 Å². The number of benzene rings is 1. The fourth-order valence-corrected chi connectivity index (χ4v) is 1.86. The highest BCUT2D eigenvalue weighted by Crippen LogP contribution is 2.19. The fraction of sp³-hybridized carbons (Fsp3) is 0.600. The predicted octanol–water partition coefficient (Wildman–Crippen LogP) is 2.80. The molecular weight excluding hydrogens is 243 g/mol. The molecule has 3 nitrogen and oxygen atoms in total. The van der Waals surface area contributed by atoms with Crippen LogP contribution in [0.1, 0.15) is 25.8 Å². The summed E-state index contributed by atoms with van der Waals surface area (Å²) in [5, 5.41) is 3.28. The van der Waals surface area contributed by atoms with E-state index in [1.807, 2.05) is 24.1 Å². The van der Waals surface area contributed by atoms with Crippen molar-refractivity contribution in [2.75, 3.05) is 32.2 Å². The Balaban J connectivity index is 2.60. The second kappa shape index (κ2) is 8.12. The quantitative estimate of drug-likeness (QED) is 0.734. The molecule has 0 aromatic heterocycles. The van der Waals surface area contributed by atoms with Crippen LogP contribution in [-0.2, 0) is 11.3 Å². The standard InChI is InChI=1S/C15H25FN2O/c1-12(2)17-11-13-6-7-15(14(16)10-13)18(3)8-5-9-19-4/h6-7,10,12,17H,5,8-9,11H2,1-4H3. The molecule has 0 aliphatic rings. The number of anilines is 1. The van der Waals surface area contributed by atoms with Gasteiger partial charge in [-0.2, -0.15) is 0 Å². The lowest BCUT2D eigenvalue weighted by atomic mass is 10.1. The number of rotatable bonds is 8. The molecule has 0 spiro atoms. The highest BCUT2D eigenvalue weighted by Gasteiger charge is 2.08. The van der Waals surface area contributed by atoms with Crippen LogP contribution in [0.4, 0.5) is 10.1 Å². The van der Waals surface area contributed by atoms with E-state index >= 15 is 0 Å². The molecule has 0 aliphatic heterocycles. The molecule has 0 radical (unpaired) electrons. The molecule has 1 aromatic carbocycles. The molecule has 0 bridgehead atoms. The number of nitrogens with one attached hydrogen (secondary N) is 1. The van der Waals surface area contributed by atoms with E-state index in [0.29, 0.717) is 24.9 Å². The van der Waals surface area contributed by atoms with Gasteiger partial charge in [-0.25, -0.2) is 4.39 Å². The van der Waals surface area contributed by atoms with Gasteiger partial charge in [0.15, 0.2) is 0 Å². The van der Waals surface area contributed by atoms with Gasteiger partial charge in [-0.15, -0.1) is 0 Å². The Bertz CT molecular complexity index is 382. The largest absolute Gasteiger partial charge is 0.385 e. The van der Waals surface area contributed by atoms with Crippen molar-refractivity contribution in [3.05, 3.63) is 29.6 Å². The molecule has 19 heavy (non-hydrogen) atoms. The van der Waals surface area contributed by atoms with Gasteiger partial charge in [-0.3, -0.25) is 0 Å². The molecule has 4 heteroatoms. The molecule has 0 fully saturated rings. The first kappa shape index (κ1) is 15.9. The first-order valence-corrected chi connectivity index (χ1v) is 6.76. The lowest BCUT2D eigenvalue weighted by Gasteiger charge is -2.20. The van der Waals surface area contributed by atoms with Gasteiger partial charge in [0.25, 0.3) is 0 Å². The van der Waals surface area contributed by atoms with Crippen molar-refractivity contribution in [3.63, 3.8) is 0 Å². The predicted molar refractivity (Wildman–Crippen MR) is 78.1 cm³/mol. The molecule has 0 saturated carbocycles. The maximum atomic E-state index is 14.0. The Labute approximate surface area is 115 Å². The van der Waals surface area contributed by atoms with Crippen LogP contribution in [0.5, 0.6) is 0 Å². The number of methoxy groups -OCH3 is 1. The Morgan fingerprint density at radius 3 is 2.68 bits per heavy atom. The van der Waals surface area contributed by atoms with E-state index in [-0.39, 0.29) is 5.82 Å². The topological polar surface area (TPSA) is 24.5 Å². The smallest absolute Gasteiger partial charge is 0.146 e. The Morgan fingerprint density at radius 2 is 2.11 bits per heavy atom. The molecule has 0 heterocycles. The third kappa shape index (κ3) is 5.57. The van der Waals surface area contributed by atoms with E-state index < -0.39 is 0 Å². The van der Waals surface area contributed by atoms with Crippen LogP contribution in [0.2, 0.25) is 0 Å². The van der Waals surface area contributed by atoms with Crippen LogP contribution in [0.15, 0.2) is 18.2 Å². The van der Waals surface area contributed by atoms with E-state index in [1.165, 1.54) is 0 Å². The zero-order chi connectivity index (χ0) is 14.3. The molecule has 1 N–H and O–H groups in total. The van der Waals surface area contributed by atoms with Crippen molar-refractivity contribution in [2.45, 2.75) is 32.9 Å². The van der Waals surface area contributed by atoms with Gasteiger partial charge in [0.1, 0.15) is 5.82 Å². The highest BCUT2D eigenvalue weighted by atomic mass is 19.1. The van der Waals surface area contributed by atoms with Crippen molar-refractivity contribution in [1.29, 1.82) is 0 Å². The monoisotopic (exact) mass is 268 g/mol. The molecule has 0 saturated heterocycles. The number of nitrogens with zero attached hydrogens (tertiary/aromatic N) is 1. The Morgan fingerprint density at radius 1 is 1.37 bits per heavy atom. The van der Waals surface area contributed by atoms with E-state index in [2.05, 4.69) is 19.2 Å². The molecule has 0 amide bonds. The van der Waals surface area contributed by atoms with Crippen molar-refractivity contribution in [3.8, 4) is 0 Å². The second-order valence-corrected chi connectivity index (χ2v) is 5.09. The van der Waals surface area contributed by atoms with Crippen molar-refractivity contribution in [1.82, 2.24) is 5.32 Å².